The third-order valence-electron chi connectivity index (χ3n) is 4.70. The first-order valence-electron chi connectivity index (χ1n) is 8.93. The smallest absolute Gasteiger partial charge is 0.274 e. The Morgan fingerprint density at radius 3 is 2.81 bits per heavy atom. The van der Waals surface area contributed by atoms with Crippen LogP contribution in [0.2, 0.25) is 0 Å². The van der Waals surface area contributed by atoms with E-state index in [0.29, 0.717) is 31.1 Å². The zero-order chi connectivity index (χ0) is 18.6. The van der Waals surface area contributed by atoms with Crippen LogP contribution in [0, 0.1) is 5.82 Å². The molecule has 0 unspecified atom stereocenters. The van der Waals surface area contributed by atoms with E-state index in [1.807, 2.05) is 0 Å². The van der Waals surface area contributed by atoms with Crippen LogP contribution in [0.4, 0.5) is 4.39 Å². The van der Waals surface area contributed by atoms with Gasteiger partial charge in [-0.2, -0.15) is 0 Å². The van der Waals surface area contributed by atoms with Gasteiger partial charge in [-0.25, -0.2) is 14.4 Å². The summed E-state index contributed by atoms with van der Waals surface area (Å²) in [4.78, 5) is 26.8. The molecule has 0 radical (unpaired) electrons. The van der Waals surface area contributed by atoms with E-state index in [0.717, 1.165) is 24.2 Å². The molecule has 1 aromatic carbocycles. The number of amides is 1. The normalized spacial score (nSPS) is 17.1. The number of carbonyl (C=O) groups excluding carboxylic acids is 1. The van der Waals surface area contributed by atoms with Gasteiger partial charge in [-0.3, -0.25) is 9.78 Å². The number of nitrogens with zero attached hydrogens (tertiary/aromatic N) is 4. The summed E-state index contributed by atoms with van der Waals surface area (Å²) in [5.41, 5.74) is 1.31. The molecule has 1 amide bonds. The number of hydrogen-bond acceptors (Lipinski definition) is 5. The van der Waals surface area contributed by atoms with Gasteiger partial charge in [-0.1, -0.05) is 12.1 Å². The van der Waals surface area contributed by atoms with Crippen molar-refractivity contribution in [3.63, 3.8) is 0 Å². The molecule has 1 fully saturated rings. The van der Waals surface area contributed by atoms with Crippen LogP contribution in [0.25, 0.3) is 0 Å². The summed E-state index contributed by atoms with van der Waals surface area (Å²) in [6.07, 6.45) is 8.62. The summed E-state index contributed by atoms with van der Waals surface area (Å²) < 4.78 is 18.9. The lowest BCUT2D eigenvalue weighted by atomic mass is 9.98. The van der Waals surface area contributed by atoms with E-state index in [1.54, 1.807) is 29.4 Å². The molecule has 1 saturated heterocycles. The van der Waals surface area contributed by atoms with E-state index in [-0.39, 0.29) is 17.6 Å². The van der Waals surface area contributed by atoms with Crippen LogP contribution in [-0.2, 0) is 6.42 Å². The van der Waals surface area contributed by atoms with Crippen molar-refractivity contribution in [2.45, 2.75) is 25.2 Å². The van der Waals surface area contributed by atoms with E-state index in [1.165, 1.54) is 24.5 Å². The predicted octanol–water partition coefficient (Wildman–Crippen LogP) is 3.21. The highest BCUT2D eigenvalue weighted by Gasteiger charge is 2.29. The fraction of sp³-hybridized carbons (Fsp3) is 0.300. The van der Waals surface area contributed by atoms with Gasteiger partial charge in [0.2, 0.25) is 0 Å². The number of benzene rings is 1. The van der Waals surface area contributed by atoms with E-state index in [9.17, 15) is 9.18 Å². The second-order valence-electron chi connectivity index (χ2n) is 6.65. The predicted molar refractivity (Wildman–Crippen MR) is 95.6 cm³/mol. The van der Waals surface area contributed by atoms with Crippen LogP contribution in [0.3, 0.4) is 0 Å². The van der Waals surface area contributed by atoms with Crippen LogP contribution in [0.5, 0.6) is 0 Å². The van der Waals surface area contributed by atoms with Crippen molar-refractivity contribution in [3.05, 3.63) is 77.8 Å². The van der Waals surface area contributed by atoms with Crippen molar-refractivity contribution >= 4 is 5.91 Å². The van der Waals surface area contributed by atoms with E-state index in [2.05, 4.69) is 15.0 Å². The van der Waals surface area contributed by atoms with Crippen LogP contribution < -0.4 is 0 Å². The molecule has 1 aliphatic rings. The van der Waals surface area contributed by atoms with Crippen LogP contribution in [-0.4, -0.2) is 38.8 Å². The molecule has 138 valence electrons. The largest absolute Gasteiger partial charge is 0.445 e. The Morgan fingerprint density at radius 2 is 2.04 bits per heavy atom. The van der Waals surface area contributed by atoms with Crippen molar-refractivity contribution < 1.29 is 13.6 Å². The maximum absolute atomic E-state index is 13.0. The SMILES string of the molecule is O=C(c1cnccn1)N1CCC[C@@H](c2ncc(Cc3ccc(F)cc3)o2)C1. The Hall–Kier alpha value is -3.09. The number of hydrogen-bond donors (Lipinski definition) is 0. The molecule has 4 rings (SSSR count). The average molecular weight is 366 g/mol. The third kappa shape index (κ3) is 4.02. The summed E-state index contributed by atoms with van der Waals surface area (Å²) >= 11 is 0. The van der Waals surface area contributed by atoms with E-state index in [4.69, 9.17) is 4.42 Å². The molecule has 0 saturated carbocycles. The fourth-order valence-corrected chi connectivity index (χ4v) is 3.33. The minimum absolute atomic E-state index is 0.0568. The van der Waals surface area contributed by atoms with Gasteiger partial charge >= 0.3 is 0 Å². The molecule has 0 aliphatic carbocycles. The zero-order valence-electron chi connectivity index (χ0n) is 14.7. The maximum atomic E-state index is 13.0. The van der Waals surface area contributed by atoms with Gasteiger partial charge < -0.3 is 9.32 Å². The van der Waals surface area contributed by atoms with Gasteiger partial charge in [0, 0.05) is 31.9 Å². The van der Waals surface area contributed by atoms with Crippen molar-refractivity contribution in [1.29, 1.82) is 0 Å². The number of halogens is 1. The molecule has 7 heteroatoms. The Labute approximate surface area is 156 Å². The fourth-order valence-electron chi connectivity index (χ4n) is 3.33. The Balaban J connectivity index is 1.43. The number of piperidine rings is 1. The quantitative estimate of drug-likeness (QED) is 0.709. The van der Waals surface area contributed by atoms with Crippen LogP contribution in [0.15, 0.2) is 53.5 Å². The molecule has 3 aromatic rings. The highest BCUT2D eigenvalue weighted by Crippen LogP contribution is 2.28. The summed E-state index contributed by atoms with van der Waals surface area (Å²) in [7, 11) is 0. The number of likely N-dealkylation sites (tertiary alicyclic amines) is 1. The zero-order valence-corrected chi connectivity index (χ0v) is 14.7. The molecule has 0 spiro atoms. The molecule has 0 bridgehead atoms. The summed E-state index contributed by atoms with van der Waals surface area (Å²) in [6.45, 7) is 1.24. The Kier molecular flexibility index (Phi) is 4.91. The number of carbonyl (C=O) groups is 1. The lowest BCUT2D eigenvalue weighted by Gasteiger charge is -2.30. The maximum Gasteiger partial charge on any atom is 0.274 e. The van der Waals surface area contributed by atoms with Crippen LogP contribution >= 0.6 is 0 Å². The molecule has 1 aliphatic heterocycles. The third-order valence-corrected chi connectivity index (χ3v) is 4.70. The Morgan fingerprint density at radius 1 is 1.19 bits per heavy atom. The monoisotopic (exact) mass is 366 g/mol. The lowest BCUT2D eigenvalue weighted by Crippen LogP contribution is -2.39. The van der Waals surface area contributed by atoms with Crippen molar-refractivity contribution in [1.82, 2.24) is 19.9 Å². The molecule has 3 heterocycles. The second-order valence-corrected chi connectivity index (χ2v) is 6.65. The molecular formula is C20H19FN4O2. The van der Waals surface area contributed by atoms with Gasteiger partial charge in [-0.05, 0) is 30.5 Å². The summed E-state index contributed by atoms with van der Waals surface area (Å²) in [6, 6.07) is 6.34. The minimum Gasteiger partial charge on any atom is -0.445 e. The minimum atomic E-state index is -0.257. The first kappa shape index (κ1) is 17.3. The molecule has 6 nitrogen and oxygen atoms in total. The van der Waals surface area contributed by atoms with Crippen LogP contribution in [0.1, 0.15) is 46.5 Å². The Bertz CT molecular complexity index is 911. The first-order valence-corrected chi connectivity index (χ1v) is 8.93. The lowest BCUT2D eigenvalue weighted by molar-refractivity contribution is 0.0691. The van der Waals surface area contributed by atoms with Gasteiger partial charge in [0.25, 0.3) is 5.91 Å². The summed E-state index contributed by atoms with van der Waals surface area (Å²) in [5, 5.41) is 0. The highest BCUT2D eigenvalue weighted by atomic mass is 19.1. The van der Waals surface area contributed by atoms with E-state index >= 15 is 0 Å². The topological polar surface area (TPSA) is 72.1 Å². The molecular weight excluding hydrogens is 347 g/mol. The molecule has 2 aromatic heterocycles. The van der Waals surface area contributed by atoms with Gasteiger partial charge in [0.15, 0.2) is 5.89 Å². The van der Waals surface area contributed by atoms with E-state index < -0.39 is 0 Å². The highest BCUT2D eigenvalue weighted by molar-refractivity contribution is 5.92. The molecule has 1 atom stereocenters. The van der Waals surface area contributed by atoms with Gasteiger partial charge in [0.1, 0.15) is 17.3 Å². The van der Waals surface area contributed by atoms with Gasteiger partial charge in [0.05, 0.1) is 18.3 Å². The number of rotatable bonds is 4. The molecule has 0 N–H and O–H groups in total. The number of aromatic nitrogens is 3. The first-order chi connectivity index (χ1) is 13.2. The van der Waals surface area contributed by atoms with Crippen molar-refractivity contribution in [2.75, 3.05) is 13.1 Å². The summed E-state index contributed by atoms with van der Waals surface area (Å²) in [5.74, 6) is 1.05. The molecule has 27 heavy (non-hydrogen) atoms. The van der Waals surface area contributed by atoms with Crippen molar-refractivity contribution in [3.8, 4) is 0 Å². The second kappa shape index (κ2) is 7.65. The number of oxazole rings is 1. The average Bonchev–Trinajstić information content (AvgIpc) is 3.18. The van der Waals surface area contributed by atoms with Gasteiger partial charge in [-0.15, -0.1) is 0 Å². The van der Waals surface area contributed by atoms with Crippen molar-refractivity contribution in [2.24, 2.45) is 0 Å². The standard InChI is InChI=1S/C20H19FN4O2/c21-16-5-3-14(4-6-16)10-17-11-24-19(27-17)15-2-1-9-25(13-15)20(26)18-12-22-7-8-23-18/h3-8,11-12,15H,1-2,9-10,13H2/t15-/m1/s1.